The Kier molecular flexibility index (Phi) is 5.09. The number of thiophene rings is 1. The Morgan fingerprint density at radius 3 is 2.62 bits per heavy atom. The van der Waals surface area contributed by atoms with E-state index in [2.05, 4.69) is 16.0 Å². The maximum atomic E-state index is 12.2. The number of nitrogens with zero attached hydrogens (tertiary/aromatic N) is 5. The third-order valence-electron chi connectivity index (χ3n) is 3.86. The molecule has 0 atom stereocenters. The van der Waals surface area contributed by atoms with E-state index in [-0.39, 0.29) is 6.09 Å². The molecule has 1 saturated heterocycles. The first-order valence-corrected chi connectivity index (χ1v) is 9.29. The summed E-state index contributed by atoms with van der Waals surface area (Å²) in [7, 11) is 0. The number of piperazine rings is 1. The van der Waals surface area contributed by atoms with Crippen molar-refractivity contribution in [2.45, 2.75) is 26.4 Å². The molecule has 0 spiro atoms. The van der Waals surface area contributed by atoms with E-state index in [0.29, 0.717) is 43.4 Å². The molecule has 0 aliphatic carbocycles. The molecule has 2 aromatic rings. The van der Waals surface area contributed by atoms with Crippen LogP contribution >= 0.6 is 11.3 Å². The van der Waals surface area contributed by atoms with Crippen molar-refractivity contribution in [3.8, 4) is 16.6 Å². The maximum Gasteiger partial charge on any atom is 0.410 e. The number of ether oxygens (including phenoxy) is 1. The van der Waals surface area contributed by atoms with Crippen molar-refractivity contribution in [3.63, 3.8) is 0 Å². The van der Waals surface area contributed by atoms with Gasteiger partial charge in [0.2, 0.25) is 0 Å². The fourth-order valence-corrected chi connectivity index (χ4v) is 3.34. The van der Waals surface area contributed by atoms with E-state index >= 15 is 0 Å². The van der Waals surface area contributed by atoms with Gasteiger partial charge in [-0.25, -0.2) is 14.8 Å². The van der Waals surface area contributed by atoms with Gasteiger partial charge in [0.15, 0.2) is 11.5 Å². The Bertz CT molecular complexity index is 815. The first kappa shape index (κ1) is 18.1. The molecule has 0 aromatic carbocycles. The number of aromatic nitrogens is 2. The van der Waals surface area contributed by atoms with Crippen LogP contribution in [0.15, 0.2) is 23.7 Å². The first-order chi connectivity index (χ1) is 12.4. The molecule has 1 amide bonds. The number of amides is 1. The number of nitriles is 1. The van der Waals surface area contributed by atoms with E-state index in [0.717, 1.165) is 4.88 Å². The van der Waals surface area contributed by atoms with Crippen molar-refractivity contribution in [2.75, 3.05) is 31.1 Å². The Morgan fingerprint density at radius 1 is 1.31 bits per heavy atom. The lowest BCUT2D eigenvalue weighted by molar-refractivity contribution is 0.0240. The second kappa shape index (κ2) is 7.30. The summed E-state index contributed by atoms with van der Waals surface area (Å²) >= 11 is 1.56. The van der Waals surface area contributed by atoms with Gasteiger partial charge in [0.1, 0.15) is 17.4 Å². The highest BCUT2D eigenvalue weighted by atomic mass is 32.1. The summed E-state index contributed by atoms with van der Waals surface area (Å²) in [6.07, 6.45) is 1.39. The van der Waals surface area contributed by atoms with E-state index in [1.165, 1.54) is 0 Å². The SMILES string of the molecule is CC(C)(C)OC(=O)N1CCN(c2ncc(-c3cccs3)nc2C#N)CC1. The van der Waals surface area contributed by atoms with Gasteiger partial charge in [0.05, 0.1) is 11.1 Å². The summed E-state index contributed by atoms with van der Waals surface area (Å²) < 4.78 is 5.41. The van der Waals surface area contributed by atoms with Gasteiger partial charge in [-0.05, 0) is 32.2 Å². The third-order valence-corrected chi connectivity index (χ3v) is 4.76. The zero-order valence-electron chi connectivity index (χ0n) is 15.1. The molecule has 3 heterocycles. The molecule has 26 heavy (non-hydrogen) atoms. The van der Waals surface area contributed by atoms with Crippen LogP contribution in [-0.2, 0) is 4.74 Å². The van der Waals surface area contributed by atoms with Crippen LogP contribution in [0.4, 0.5) is 10.6 Å². The van der Waals surface area contributed by atoms with Crippen molar-refractivity contribution in [1.29, 1.82) is 5.26 Å². The zero-order valence-corrected chi connectivity index (χ0v) is 15.9. The second-order valence-electron chi connectivity index (χ2n) is 6.97. The Labute approximate surface area is 156 Å². The Hall–Kier alpha value is -2.66. The predicted octanol–water partition coefficient (Wildman–Crippen LogP) is 3.13. The molecule has 1 aliphatic heterocycles. The van der Waals surface area contributed by atoms with E-state index in [1.807, 2.05) is 43.2 Å². The molecular formula is C18H21N5O2S. The van der Waals surface area contributed by atoms with Crippen LogP contribution in [0.5, 0.6) is 0 Å². The number of rotatable bonds is 2. The molecular weight excluding hydrogens is 350 g/mol. The predicted molar refractivity (Wildman–Crippen MR) is 100 cm³/mol. The largest absolute Gasteiger partial charge is 0.444 e. The second-order valence-corrected chi connectivity index (χ2v) is 7.92. The Morgan fingerprint density at radius 2 is 2.04 bits per heavy atom. The zero-order chi connectivity index (χ0) is 18.7. The summed E-state index contributed by atoms with van der Waals surface area (Å²) in [5.41, 5.74) is 0.500. The van der Waals surface area contributed by atoms with Crippen LogP contribution in [0, 0.1) is 11.3 Å². The third kappa shape index (κ3) is 4.11. The minimum Gasteiger partial charge on any atom is -0.444 e. The maximum absolute atomic E-state index is 12.2. The first-order valence-electron chi connectivity index (χ1n) is 8.41. The van der Waals surface area contributed by atoms with Crippen molar-refractivity contribution >= 4 is 23.2 Å². The highest BCUT2D eigenvalue weighted by Gasteiger charge is 2.27. The van der Waals surface area contributed by atoms with Gasteiger partial charge in [-0.1, -0.05) is 6.07 Å². The van der Waals surface area contributed by atoms with Crippen molar-refractivity contribution < 1.29 is 9.53 Å². The molecule has 1 aliphatic rings. The lowest BCUT2D eigenvalue weighted by Gasteiger charge is -2.36. The Balaban J connectivity index is 1.70. The average Bonchev–Trinajstić information content (AvgIpc) is 3.14. The van der Waals surface area contributed by atoms with Crippen LogP contribution < -0.4 is 4.90 Å². The minimum absolute atomic E-state index is 0.307. The van der Waals surface area contributed by atoms with Gasteiger partial charge in [-0.3, -0.25) is 0 Å². The highest BCUT2D eigenvalue weighted by Crippen LogP contribution is 2.25. The van der Waals surface area contributed by atoms with Gasteiger partial charge in [-0.2, -0.15) is 5.26 Å². The minimum atomic E-state index is -0.509. The number of hydrogen-bond acceptors (Lipinski definition) is 7. The fraction of sp³-hybridized carbons (Fsp3) is 0.444. The van der Waals surface area contributed by atoms with Crippen LogP contribution in [-0.4, -0.2) is 52.7 Å². The average molecular weight is 371 g/mol. The van der Waals surface area contributed by atoms with Gasteiger partial charge >= 0.3 is 6.09 Å². The smallest absolute Gasteiger partial charge is 0.410 e. The number of carbonyl (C=O) groups is 1. The van der Waals surface area contributed by atoms with Gasteiger partial charge in [-0.15, -0.1) is 11.3 Å². The molecule has 8 heteroatoms. The molecule has 0 saturated carbocycles. The van der Waals surface area contributed by atoms with Gasteiger partial charge in [0.25, 0.3) is 0 Å². The molecule has 7 nitrogen and oxygen atoms in total. The normalized spacial score (nSPS) is 14.8. The molecule has 0 unspecified atom stereocenters. The molecule has 2 aromatic heterocycles. The lowest BCUT2D eigenvalue weighted by Crippen LogP contribution is -2.50. The monoisotopic (exact) mass is 371 g/mol. The fourth-order valence-electron chi connectivity index (χ4n) is 2.66. The van der Waals surface area contributed by atoms with Crippen molar-refractivity contribution in [1.82, 2.24) is 14.9 Å². The van der Waals surface area contributed by atoms with Crippen LogP contribution in [0.2, 0.25) is 0 Å². The summed E-state index contributed by atoms with van der Waals surface area (Å²) in [5.74, 6) is 0.566. The molecule has 0 radical (unpaired) electrons. The molecule has 0 bridgehead atoms. The summed E-state index contributed by atoms with van der Waals surface area (Å²) in [4.78, 5) is 25.7. The summed E-state index contributed by atoms with van der Waals surface area (Å²) in [6.45, 7) is 7.77. The van der Waals surface area contributed by atoms with Crippen LogP contribution in [0.25, 0.3) is 10.6 Å². The van der Waals surface area contributed by atoms with E-state index in [9.17, 15) is 10.1 Å². The molecule has 136 valence electrons. The summed E-state index contributed by atoms with van der Waals surface area (Å²) in [6, 6.07) is 6.04. The van der Waals surface area contributed by atoms with E-state index < -0.39 is 5.60 Å². The number of carbonyl (C=O) groups excluding carboxylic acids is 1. The standard InChI is InChI=1S/C18H21N5O2S/c1-18(2,3)25-17(24)23-8-6-22(7-9-23)16-13(11-19)21-14(12-20-16)15-5-4-10-26-15/h4-5,10,12H,6-9H2,1-3H3. The highest BCUT2D eigenvalue weighted by molar-refractivity contribution is 7.13. The molecule has 3 rings (SSSR count). The lowest BCUT2D eigenvalue weighted by atomic mass is 10.2. The van der Waals surface area contributed by atoms with Gasteiger partial charge < -0.3 is 14.5 Å². The quantitative estimate of drug-likeness (QED) is 0.807. The number of anilines is 1. The van der Waals surface area contributed by atoms with Crippen molar-refractivity contribution in [2.24, 2.45) is 0 Å². The van der Waals surface area contributed by atoms with Crippen LogP contribution in [0.1, 0.15) is 26.5 Å². The van der Waals surface area contributed by atoms with Crippen LogP contribution in [0.3, 0.4) is 0 Å². The summed E-state index contributed by atoms with van der Waals surface area (Å²) in [5, 5.41) is 11.4. The molecule has 1 fully saturated rings. The molecule has 0 N–H and O–H groups in total. The van der Waals surface area contributed by atoms with E-state index in [1.54, 1.807) is 22.4 Å². The van der Waals surface area contributed by atoms with Crippen molar-refractivity contribution in [3.05, 3.63) is 29.4 Å². The van der Waals surface area contributed by atoms with Gasteiger partial charge in [0, 0.05) is 26.2 Å². The topological polar surface area (TPSA) is 82.3 Å². The van der Waals surface area contributed by atoms with E-state index in [4.69, 9.17) is 4.74 Å². The number of hydrogen-bond donors (Lipinski definition) is 0.